The highest BCUT2D eigenvalue weighted by Crippen LogP contribution is 2.22. The molecule has 2 rings (SSSR count). The van der Waals surface area contributed by atoms with E-state index in [0.29, 0.717) is 5.02 Å². The van der Waals surface area contributed by atoms with E-state index in [1.807, 2.05) is 0 Å². The van der Waals surface area contributed by atoms with E-state index in [9.17, 15) is 9.59 Å². The second-order valence-corrected chi connectivity index (χ2v) is 4.92. The van der Waals surface area contributed by atoms with Crippen LogP contribution < -0.4 is 5.32 Å². The van der Waals surface area contributed by atoms with Crippen LogP contribution in [0.15, 0.2) is 24.7 Å². The van der Waals surface area contributed by atoms with Crippen LogP contribution in [0.25, 0.3) is 0 Å². The summed E-state index contributed by atoms with van der Waals surface area (Å²) >= 11 is 11.6. The first-order chi connectivity index (χ1) is 9.95. The number of carboxylic acid groups (broad SMARTS) is 1. The molecule has 2 aromatic rings. The fourth-order valence-electron chi connectivity index (χ4n) is 1.50. The normalized spacial score (nSPS) is 10.4. The van der Waals surface area contributed by atoms with Gasteiger partial charge in [-0.1, -0.05) is 23.2 Å². The minimum atomic E-state index is -0.936. The van der Waals surface area contributed by atoms with E-state index < -0.39 is 11.9 Å². The van der Waals surface area contributed by atoms with Gasteiger partial charge in [0.15, 0.2) is 5.82 Å². The summed E-state index contributed by atoms with van der Waals surface area (Å²) < 4.78 is 1.37. The Kier molecular flexibility index (Phi) is 4.77. The van der Waals surface area contributed by atoms with Crippen LogP contribution in [0.2, 0.25) is 10.0 Å². The molecule has 0 aromatic carbocycles. The molecule has 0 aliphatic heterocycles. The molecule has 2 aromatic heterocycles. The summed E-state index contributed by atoms with van der Waals surface area (Å²) in [6, 6.07) is 1.46. The number of amides is 1. The Morgan fingerprint density at radius 2 is 2.10 bits per heavy atom. The second kappa shape index (κ2) is 6.55. The number of rotatable bonds is 5. The first-order valence-corrected chi connectivity index (χ1v) is 6.58. The second-order valence-electron chi connectivity index (χ2n) is 4.07. The molecule has 0 bridgehead atoms. The zero-order valence-electron chi connectivity index (χ0n) is 10.6. The Morgan fingerprint density at radius 3 is 2.76 bits per heavy atom. The van der Waals surface area contributed by atoms with Crippen LogP contribution in [-0.2, 0) is 11.3 Å². The number of aliphatic carboxylic acids is 1. The van der Waals surface area contributed by atoms with Crippen LogP contribution in [0.4, 0.5) is 5.82 Å². The van der Waals surface area contributed by atoms with Gasteiger partial charge in [-0.15, -0.1) is 0 Å². The van der Waals surface area contributed by atoms with Crippen LogP contribution in [0.3, 0.4) is 0 Å². The zero-order valence-corrected chi connectivity index (χ0v) is 12.1. The molecule has 7 nitrogen and oxygen atoms in total. The molecule has 0 spiro atoms. The van der Waals surface area contributed by atoms with Crippen molar-refractivity contribution in [2.24, 2.45) is 0 Å². The van der Waals surface area contributed by atoms with Gasteiger partial charge in [-0.05, 0) is 6.07 Å². The molecule has 0 saturated carbocycles. The third kappa shape index (κ3) is 4.17. The van der Waals surface area contributed by atoms with Gasteiger partial charge in [-0.25, -0.2) is 4.98 Å². The predicted molar refractivity (Wildman–Crippen MR) is 76.7 cm³/mol. The van der Waals surface area contributed by atoms with Crippen LogP contribution in [0.1, 0.15) is 16.8 Å². The Labute approximate surface area is 129 Å². The van der Waals surface area contributed by atoms with Gasteiger partial charge in [0.05, 0.1) is 34.8 Å². The number of carboxylic acids is 1. The van der Waals surface area contributed by atoms with E-state index in [1.54, 1.807) is 0 Å². The van der Waals surface area contributed by atoms with Crippen molar-refractivity contribution >= 4 is 40.9 Å². The van der Waals surface area contributed by atoms with E-state index in [-0.39, 0.29) is 29.4 Å². The number of carbonyl (C=O) groups excluding carboxylic acids is 1. The number of aryl methyl sites for hydroxylation is 1. The summed E-state index contributed by atoms with van der Waals surface area (Å²) in [6.07, 6.45) is 4.07. The van der Waals surface area contributed by atoms with E-state index in [0.717, 1.165) is 0 Å². The monoisotopic (exact) mass is 328 g/mol. The van der Waals surface area contributed by atoms with E-state index in [4.69, 9.17) is 28.3 Å². The number of nitrogens with one attached hydrogen (secondary N) is 1. The average molecular weight is 329 g/mol. The molecule has 0 atom stereocenters. The number of hydrogen-bond acceptors (Lipinski definition) is 4. The lowest BCUT2D eigenvalue weighted by molar-refractivity contribution is -0.137. The van der Waals surface area contributed by atoms with Crippen molar-refractivity contribution in [1.29, 1.82) is 0 Å². The largest absolute Gasteiger partial charge is 0.481 e. The van der Waals surface area contributed by atoms with Crippen molar-refractivity contribution < 1.29 is 14.7 Å². The first kappa shape index (κ1) is 15.3. The van der Waals surface area contributed by atoms with Crippen molar-refractivity contribution in [3.8, 4) is 0 Å². The minimum absolute atomic E-state index is 0.0761. The smallest absolute Gasteiger partial charge is 0.305 e. The lowest BCUT2D eigenvalue weighted by Crippen LogP contribution is -2.12. The Morgan fingerprint density at radius 1 is 1.33 bits per heavy atom. The van der Waals surface area contributed by atoms with Crippen molar-refractivity contribution in [2.75, 3.05) is 5.32 Å². The molecule has 0 aliphatic rings. The summed E-state index contributed by atoms with van der Waals surface area (Å²) in [5.74, 6) is -1.20. The van der Waals surface area contributed by atoms with Gasteiger partial charge in [0.1, 0.15) is 0 Å². The molecular weight excluding hydrogens is 319 g/mol. The number of carbonyl (C=O) groups is 2. The maximum Gasteiger partial charge on any atom is 0.305 e. The van der Waals surface area contributed by atoms with Crippen molar-refractivity contribution in [2.45, 2.75) is 13.0 Å². The number of anilines is 1. The molecule has 0 radical (unpaired) electrons. The Hall–Kier alpha value is -2.12. The number of nitrogens with zero attached hydrogens (tertiary/aromatic N) is 3. The van der Waals surface area contributed by atoms with Gasteiger partial charge in [0, 0.05) is 12.4 Å². The molecule has 2 heterocycles. The van der Waals surface area contributed by atoms with Gasteiger partial charge in [0.25, 0.3) is 5.91 Å². The average Bonchev–Trinajstić information content (AvgIpc) is 2.88. The van der Waals surface area contributed by atoms with E-state index >= 15 is 0 Å². The molecule has 9 heteroatoms. The lowest BCUT2D eigenvalue weighted by Gasteiger charge is -2.04. The number of pyridine rings is 1. The SMILES string of the molecule is O=C(O)CCn1cc(C(=O)Nc2ncc(Cl)cc2Cl)cn1. The molecule has 0 aliphatic carbocycles. The topological polar surface area (TPSA) is 97.1 Å². The standard InChI is InChI=1S/C12H10Cl2N4O3/c13-8-3-9(14)11(15-5-8)17-12(21)7-4-16-18(6-7)2-1-10(19)20/h3-6H,1-2H2,(H,19,20)(H,15,17,21). The fraction of sp³-hybridized carbons (Fsp3) is 0.167. The third-order valence-corrected chi connectivity index (χ3v) is 2.98. The molecule has 21 heavy (non-hydrogen) atoms. The first-order valence-electron chi connectivity index (χ1n) is 5.82. The maximum atomic E-state index is 12.0. The van der Waals surface area contributed by atoms with Gasteiger partial charge in [-0.3, -0.25) is 14.3 Å². The summed E-state index contributed by atoms with van der Waals surface area (Å²) in [7, 11) is 0. The van der Waals surface area contributed by atoms with Crippen LogP contribution in [0, 0.1) is 0 Å². The summed E-state index contributed by atoms with van der Waals surface area (Å²) in [5.41, 5.74) is 0.271. The summed E-state index contributed by atoms with van der Waals surface area (Å²) in [4.78, 5) is 26.4. The zero-order chi connectivity index (χ0) is 15.4. The number of halogens is 2. The Bertz CT molecular complexity index is 687. The minimum Gasteiger partial charge on any atom is -0.481 e. The van der Waals surface area contributed by atoms with Crippen LogP contribution >= 0.6 is 23.2 Å². The summed E-state index contributed by atoms with van der Waals surface area (Å²) in [6.45, 7) is 0.183. The van der Waals surface area contributed by atoms with E-state index in [1.165, 1.54) is 29.3 Å². The van der Waals surface area contributed by atoms with Crippen LogP contribution in [0.5, 0.6) is 0 Å². The highest BCUT2D eigenvalue weighted by molar-refractivity contribution is 6.36. The molecule has 0 fully saturated rings. The van der Waals surface area contributed by atoms with Gasteiger partial charge in [-0.2, -0.15) is 5.10 Å². The van der Waals surface area contributed by atoms with Gasteiger partial charge >= 0.3 is 5.97 Å². The molecule has 0 unspecified atom stereocenters. The van der Waals surface area contributed by atoms with Crippen molar-refractivity contribution in [1.82, 2.24) is 14.8 Å². The highest BCUT2D eigenvalue weighted by atomic mass is 35.5. The quantitative estimate of drug-likeness (QED) is 0.877. The molecule has 110 valence electrons. The number of hydrogen-bond donors (Lipinski definition) is 2. The third-order valence-electron chi connectivity index (χ3n) is 2.49. The lowest BCUT2D eigenvalue weighted by atomic mass is 10.3. The van der Waals surface area contributed by atoms with Gasteiger partial charge in [0.2, 0.25) is 0 Å². The highest BCUT2D eigenvalue weighted by Gasteiger charge is 2.12. The van der Waals surface area contributed by atoms with Gasteiger partial charge < -0.3 is 10.4 Å². The molecule has 2 N–H and O–H groups in total. The predicted octanol–water partition coefficient (Wildman–Crippen LogP) is 2.31. The van der Waals surface area contributed by atoms with E-state index in [2.05, 4.69) is 15.4 Å². The van der Waals surface area contributed by atoms with Crippen molar-refractivity contribution in [3.63, 3.8) is 0 Å². The molecular formula is C12H10Cl2N4O3. The Balaban J connectivity index is 2.05. The fourth-order valence-corrected chi connectivity index (χ4v) is 1.93. The van der Waals surface area contributed by atoms with Crippen LogP contribution in [-0.4, -0.2) is 31.7 Å². The van der Waals surface area contributed by atoms with Crippen molar-refractivity contribution in [3.05, 3.63) is 40.3 Å². The summed E-state index contributed by atoms with van der Waals surface area (Å²) in [5, 5.41) is 15.6. The number of aromatic nitrogens is 3. The maximum absolute atomic E-state index is 12.0. The molecule has 1 amide bonds. The molecule has 0 saturated heterocycles.